The van der Waals surface area contributed by atoms with Crippen molar-refractivity contribution in [2.75, 3.05) is 19.3 Å². The normalized spacial score (nSPS) is 14.2. The van der Waals surface area contributed by atoms with Gasteiger partial charge in [-0.05, 0) is 31.7 Å². The van der Waals surface area contributed by atoms with E-state index in [4.69, 9.17) is 0 Å². The zero-order valence-electron chi connectivity index (χ0n) is 11.2. The quantitative estimate of drug-likeness (QED) is 0.630. The molecule has 0 aliphatic rings. The second-order valence-corrected chi connectivity index (χ2v) is 7.98. The Kier molecular flexibility index (Phi) is 5.66. The first-order valence-corrected chi connectivity index (χ1v) is 9.00. The Labute approximate surface area is 119 Å². The van der Waals surface area contributed by atoms with E-state index in [1.807, 2.05) is 0 Å². The first-order chi connectivity index (χ1) is 9.18. The lowest BCUT2D eigenvalue weighted by molar-refractivity contribution is 0.199. The first kappa shape index (κ1) is 17.1. The molecule has 0 aromatic heterocycles. The van der Waals surface area contributed by atoms with Crippen molar-refractivity contribution in [3.8, 4) is 0 Å². The highest BCUT2D eigenvalue weighted by atomic mass is 32.2. The number of aliphatic hydroxyl groups excluding tert-OH is 1. The third kappa shape index (κ3) is 4.84. The van der Waals surface area contributed by atoms with Crippen molar-refractivity contribution >= 4 is 20.0 Å². The van der Waals surface area contributed by atoms with Gasteiger partial charge in [0, 0.05) is 6.54 Å². The van der Waals surface area contributed by atoms with Crippen LogP contribution in [0, 0.1) is 0 Å². The lowest BCUT2D eigenvalue weighted by Gasteiger charge is -2.09. The van der Waals surface area contributed by atoms with Crippen LogP contribution in [-0.4, -0.2) is 41.3 Å². The van der Waals surface area contributed by atoms with Crippen molar-refractivity contribution in [1.82, 2.24) is 9.44 Å². The standard InChI is InChI=1S/C11H18N2O5S2/c1-9(14)10-3-5-11(6-4-10)20(17,18)13-7-8-19(15,16)12-2/h3-6,9,12-14H,7-8H2,1-2H3. The summed E-state index contributed by atoms with van der Waals surface area (Å²) in [7, 11) is -5.95. The van der Waals surface area contributed by atoms with Gasteiger partial charge in [-0.15, -0.1) is 0 Å². The van der Waals surface area contributed by atoms with Crippen LogP contribution < -0.4 is 9.44 Å². The van der Waals surface area contributed by atoms with Crippen LogP contribution in [-0.2, 0) is 20.0 Å². The average molecular weight is 322 g/mol. The molecule has 0 heterocycles. The Bertz CT molecular complexity index is 636. The molecule has 1 aromatic carbocycles. The van der Waals surface area contributed by atoms with Gasteiger partial charge >= 0.3 is 0 Å². The molecule has 7 nitrogen and oxygen atoms in total. The lowest BCUT2D eigenvalue weighted by Crippen LogP contribution is -2.32. The highest BCUT2D eigenvalue weighted by Gasteiger charge is 2.15. The van der Waals surface area contributed by atoms with Crippen molar-refractivity contribution in [3.63, 3.8) is 0 Å². The second kappa shape index (κ2) is 6.64. The summed E-state index contributed by atoms with van der Waals surface area (Å²) in [5.74, 6) is -0.339. The van der Waals surface area contributed by atoms with Crippen molar-refractivity contribution in [1.29, 1.82) is 0 Å². The van der Waals surface area contributed by atoms with E-state index >= 15 is 0 Å². The highest BCUT2D eigenvalue weighted by molar-refractivity contribution is 7.90. The molecular weight excluding hydrogens is 304 g/mol. The highest BCUT2D eigenvalue weighted by Crippen LogP contribution is 2.15. The van der Waals surface area contributed by atoms with Crippen LogP contribution in [0.3, 0.4) is 0 Å². The molecule has 0 bridgehead atoms. The molecule has 1 atom stereocenters. The molecule has 0 amide bonds. The van der Waals surface area contributed by atoms with E-state index in [0.717, 1.165) is 0 Å². The summed E-state index contributed by atoms with van der Waals surface area (Å²) in [6, 6.07) is 5.72. The van der Waals surface area contributed by atoms with Gasteiger partial charge in [0.2, 0.25) is 20.0 Å². The summed E-state index contributed by atoms with van der Waals surface area (Å²) in [6.45, 7) is 1.36. The van der Waals surface area contributed by atoms with Gasteiger partial charge < -0.3 is 5.11 Å². The maximum Gasteiger partial charge on any atom is 0.240 e. The van der Waals surface area contributed by atoms with Crippen molar-refractivity contribution in [2.24, 2.45) is 0 Å². The van der Waals surface area contributed by atoms with Gasteiger partial charge in [0.15, 0.2) is 0 Å². The molecule has 0 aliphatic heterocycles. The summed E-state index contributed by atoms with van der Waals surface area (Å²) in [5, 5.41) is 9.34. The van der Waals surface area contributed by atoms with Crippen LogP contribution in [0.5, 0.6) is 0 Å². The number of sulfonamides is 2. The van der Waals surface area contributed by atoms with Gasteiger partial charge in [0.25, 0.3) is 0 Å². The number of rotatable bonds is 7. The third-order valence-corrected chi connectivity index (χ3v) is 5.49. The van der Waals surface area contributed by atoms with E-state index in [9.17, 15) is 21.9 Å². The van der Waals surface area contributed by atoms with E-state index < -0.39 is 26.2 Å². The molecule has 0 aliphatic carbocycles. The SMILES string of the molecule is CNS(=O)(=O)CCNS(=O)(=O)c1ccc(C(C)O)cc1. The molecule has 0 saturated heterocycles. The lowest BCUT2D eigenvalue weighted by atomic mass is 10.1. The fourth-order valence-electron chi connectivity index (χ4n) is 1.42. The van der Waals surface area contributed by atoms with Gasteiger partial charge in [-0.25, -0.2) is 26.3 Å². The molecule has 0 radical (unpaired) electrons. The number of hydrogen-bond acceptors (Lipinski definition) is 5. The average Bonchev–Trinajstić information content (AvgIpc) is 2.38. The topological polar surface area (TPSA) is 113 Å². The van der Waals surface area contributed by atoms with Gasteiger partial charge in [-0.3, -0.25) is 0 Å². The summed E-state index contributed by atoms with van der Waals surface area (Å²) < 4.78 is 50.4. The van der Waals surface area contributed by atoms with Crippen LogP contribution in [0.1, 0.15) is 18.6 Å². The van der Waals surface area contributed by atoms with E-state index in [1.54, 1.807) is 6.92 Å². The largest absolute Gasteiger partial charge is 0.389 e. The monoisotopic (exact) mass is 322 g/mol. The summed E-state index contributed by atoms with van der Waals surface area (Å²) >= 11 is 0. The minimum Gasteiger partial charge on any atom is -0.389 e. The van der Waals surface area contributed by atoms with Gasteiger partial charge in [-0.2, -0.15) is 0 Å². The van der Waals surface area contributed by atoms with Crippen LogP contribution in [0.25, 0.3) is 0 Å². The maximum absolute atomic E-state index is 11.9. The molecule has 20 heavy (non-hydrogen) atoms. The number of hydrogen-bond donors (Lipinski definition) is 3. The Morgan fingerprint density at radius 1 is 1.15 bits per heavy atom. The summed E-state index contributed by atoms with van der Waals surface area (Å²) in [5.41, 5.74) is 0.599. The summed E-state index contributed by atoms with van der Waals surface area (Å²) in [4.78, 5) is 0.0174. The van der Waals surface area contributed by atoms with Crippen LogP contribution in [0.2, 0.25) is 0 Å². The molecule has 1 rings (SSSR count). The van der Waals surface area contributed by atoms with Crippen LogP contribution in [0.4, 0.5) is 0 Å². The molecule has 0 saturated carbocycles. The van der Waals surface area contributed by atoms with Crippen molar-refractivity contribution < 1.29 is 21.9 Å². The van der Waals surface area contributed by atoms with Gasteiger partial charge in [0.1, 0.15) is 0 Å². The molecule has 9 heteroatoms. The molecule has 3 N–H and O–H groups in total. The zero-order valence-corrected chi connectivity index (χ0v) is 12.8. The fourth-order valence-corrected chi connectivity index (χ4v) is 3.16. The van der Waals surface area contributed by atoms with Crippen LogP contribution in [0.15, 0.2) is 29.2 Å². The maximum atomic E-state index is 11.9. The summed E-state index contributed by atoms with van der Waals surface area (Å²) in [6.07, 6.45) is -0.680. The Hall–Kier alpha value is -1.00. The van der Waals surface area contributed by atoms with Gasteiger partial charge in [0.05, 0.1) is 16.8 Å². The second-order valence-electron chi connectivity index (χ2n) is 4.17. The van der Waals surface area contributed by atoms with Crippen molar-refractivity contribution in [3.05, 3.63) is 29.8 Å². The van der Waals surface area contributed by atoms with Crippen LogP contribution >= 0.6 is 0 Å². The predicted molar refractivity (Wildman–Crippen MR) is 75.1 cm³/mol. The molecule has 1 unspecified atom stereocenters. The Balaban J connectivity index is 2.74. The van der Waals surface area contributed by atoms with E-state index in [0.29, 0.717) is 5.56 Å². The molecule has 0 fully saturated rings. The predicted octanol–water partition coefficient (Wildman–Crippen LogP) is -0.433. The zero-order chi connectivity index (χ0) is 15.4. The minimum absolute atomic E-state index is 0.0174. The molecule has 1 aromatic rings. The number of benzene rings is 1. The molecule has 114 valence electrons. The third-order valence-electron chi connectivity index (χ3n) is 2.65. The Morgan fingerprint density at radius 3 is 2.15 bits per heavy atom. The fraction of sp³-hybridized carbons (Fsp3) is 0.455. The van der Waals surface area contributed by atoms with E-state index in [-0.39, 0.29) is 17.2 Å². The van der Waals surface area contributed by atoms with E-state index in [2.05, 4.69) is 9.44 Å². The first-order valence-electron chi connectivity index (χ1n) is 5.87. The molecular formula is C11H18N2O5S2. The number of nitrogens with one attached hydrogen (secondary N) is 2. The smallest absolute Gasteiger partial charge is 0.240 e. The minimum atomic E-state index is -3.76. The Morgan fingerprint density at radius 2 is 1.70 bits per heavy atom. The van der Waals surface area contributed by atoms with E-state index in [1.165, 1.54) is 31.3 Å². The van der Waals surface area contributed by atoms with Crippen molar-refractivity contribution in [2.45, 2.75) is 17.9 Å². The number of aliphatic hydroxyl groups is 1. The van der Waals surface area contributed by atoms with Gasteiger partial charge in [-0.1, -0.05) is 12.1 Å². The molecule has 0 spiro atoms.